The van der Waals surface area contributed by atoms with Crippen LogP contribution < -0.4 is 15.8 Å². The number of likely N-dealkylation sites (N-methyl/N-ethyl adjacent to an activating group) is 1. The summed E-state index contributed by atoms with van der Waals surface area (Å²) in [6.07, 6.45) is 5.14. The number of hydrogen-bond acceptors (Lipinski definition) is 5. The third-order valence-corrected chi connectivity index (χ3v) is 7.02. The summed E-state index contributed by atoms with van der Waals surface area (Å²) < 4.78 is 41.7. The molecule has 34 heavy (non-hydrogen) atoms. The van der Waals surface area contributed by atoms with Crippen LogP contribution in [0.1, 0.15) is 40.7 Å². The number of sulfonamides is 1. The number of rotatable bonds is 0. The number of benzene rings is 2. The summed E-state index contributed by atoms with van der Waals surface area (Å²) >= 11 is 0. The number of hydrogen-bond donors (Lipinski definition) is 3. The largest absolute Gasteiger partial charge is 0.348 e. The van der Waals surface area contributed by atoms with Crippen LogP contribution in [-0.2, 0) is 27.9 Å². The predicted octanol–water partition coefficient (Wildman–Crippen LogP) is 2.06. The van der Waals surface area contributed by atoms with Gasteiger partial charge in [0.1, 0.15) is 10.7 Å². The Morgan fingerprint density at radius 2 is 1.82 bits per heavy atom. The zero-order valence-corrected chi connectivity index (χ0v) is 19.8. The zero-order valence-electron chi connectivity index (χ0n) is 19.0. The van der Waals surface area contributed by atoms with E-state index in [0.29, 0.717) is 25.8 Å². The van der Waals surface area contributed by atoms with Crippen molar-refractivity contribution in [2.75, 3.05) is 13.6 Å². The Hall–Kier alpha value is -3.08. The quantitative estimate of drug-likeness (QED) is 0.490. The van der Waals surface area contributed by atoms with Crippen LogP contribution in [0.5, 0.6) is 0 Å². The van der Waals surface area contributed by atoms with Gasteiger partial charge in [0, 0.05) is 32.2 Å². The first-order valence-electron chi connectivity index (χ1n) is 11.0. The number of halogens is 1. The fourth-order valence-corrected chi connectivity index (χ4v) is 4.72. The molecule has 8 nitrogen and oxygen atoms in total. The standard InChI is InChI=1S/C24H29FN4O4S/c1-29-16-19-9-6-5-8-18(19)15-27-23(30)17-11-12-20(25)22(14-17)34(32,33)28-13-7-3-2-4-10-21(26)24(29)31/h3,5-9,11-12,14,21,28H,2,4,10,13,15-16,26H2,1H3,(H,27,30)/b7-3-. The van der Waals surface area contributed by atoms with Crippen LogP contribution in [0.2, 0.25) is 0 Å². The van der Waals surface area contributed by atoms with Gasteiger partial charge in [-0.25, -0.2) is 17.5 Å². The van der Waals surface area contributed by atoms with Gasteiger partial charge in [-0.2, -0.15) is 0 Å². The topological polar surface area (TPSA) is 122 Å². The van der Waals surface area contributed by atoms with Gasteiger partial charge in [-0.3, -0.25) is 9.59 Å². The van der Waals surface area contributed by atoms with Crippen LogP contribution in [-0.4, -0.2) is 44.8 Å². The molecule has 0 aliphatic carbocycles. The summed E-state index contributed by atoms with van der Waals surface area (Å²) in [6, 6.07) is 9.92. The van der Waals surface area contributed by atoms with E-state index in [1.54, 1.807) is 24.1 Å². The maximum Gasteiger partial charge on any atom is 0.251 e. The molecule has 3 rings (SSSR count). The molecule has 4 N–H and O–H groups in total. The SMILES string of the molecule is CN1Cc2ccccc2CNC(=O)c2ccc(F)c(c2)S(=O)(=O)NC/C=C\CCCC(N)C1=O. The molecule has 1 aliphatic heterocycles. The number of nitrogens with two attached hydrogens (primary N) is 1. The van der Waals surface area contributed by atoms with E-state index in [1.165, 1.54) is 6.07 Å². The second-order valence-corrected chi connectivity index (χ2v) is 9.89. The van der Waals surface area contributed by atoms with Crippen LogP contribution in [0.15, 0.2) is 59.5 Å². The highest BCUT2D eigenvalue weighted by Gasteiger charge is 2.22. The van der Waals surface area contributed by atoms with Crippen molar-refractivity contribution in [1.82, 2.24) is 14.9 Å². The van der Waals surface area contributed by atoms with E-state index in [0.717, 1.165) is 23.3 Å². The normalized spacial score (nSPS) is 21.3. The lowest BCUT2D eigenvalue weighted by Crippen LogP contribution is -2.41. The van der Waals surface area contributed by atoms with Gasteiger partial charge in [0.05, 0.1) is 6.04 Å². The van der Waals surface area contributed by atoms with Gasteiger partial charge in [-0.1, -0.05) is 36.4 Å². The molecule has 182 valence electrons. The Labute approximate surface area is 199 Å². The molecule has 1 atom stereocenters. The number of carbonyl (C=O) groups excluding carboxylic acids is 2. The molecule has 2 amide bonds. The van der Waals surface area contributed by atoms with Gasteiger partial charge < -0.3 is 16.0 Å². The fourth-order valence-electron chi connectivity index (χ4n) is 3.64. The Morgan fingerprint density at radius 1 is 1.09 bits per heavy atom. The van der Waals surface area contributed by atoms with Gasteiger partial charge >= 0.3 is 0 Å². The minimum Gasteiger partial charge on any atom is -0.348 e. The van der Waals surface area contributed by atoms with Crippen LogP contribution in [0, 0.1) is 5.82 Å². The summed E-state index contributed by atoms with van der Waals surface area (Å²) in [5.41, 5.74) is 7.73. The average molecular weight is 489 g/mol. The van der Waals surface area contributed by atoms with E-state index < -0.39 is 32.7 Å². The van der Waals surface area contributed by atoms with Crippen molar-refractivity contribution < 1.29 is 22.4 Å². The number of allylic oxidation sites excluding steroid dienone is 1. The first kappa shape index (κ1) is 25.5. The third kappa shape index (κ3) is 6.49. The Balaban J connectivity index is 1.90. The lowest BCUT2D eigenvalue weighted by atomic mass is 10.1. The van der Waals surface area contributed by atoms with E-state index in [2.05, 4.69) is 10.0 Å². The van der Waals surface area contributed by atoms with Crippen molar-refractivity contribution >= 4 is 21.8 Å². The van der Waals surface area contributed by atoms with E-state index in [9.17, 15) is 22.4 Å². The third-order valence-electron chi connectivity index (χ3n) is 5.59. The van der Waals surface area contributed by atoms with Crippen LogP contribution in [0.4, 0.5) is 4.39 Å². The molecule has 0 saturated heterocycles. The van der Waals surface area contributed by atoms with E-state index in [4.69, 9.17) is 5.73 Å². The molecule has 1 heterocycles. The number of nitrogens with zero attached hydrogens (tertiary/aromatic N) is 1. The summed E-state index contributed by atoms with van der Waals surface area (Å²) in [5.74, 6) is -1.67. The van der Waals surface area contributed by atoms with Gasteiger partial charge in [0.15, 0.2) is 0 Å². The molecular formula is C24H29FN4O4S. The number of amides is 2. The first-order valence-corrected chi connectivity index (χ1v) is 12.5. The van der Waals surface area contributed by atoms with Crippen LogP contribution in [0.25, 0.3) is 0 Å². The molecule has 0 saturated carbocycles. The summed E-state index contributed by atoms with van der Waals surface area (Å²) in [5, 5.41) is 2.74. The summed E-state index contributed by atoms with van der Waals surface area (Å²) in [4.78, 5) is 26.4. The van der Waals surface area contributed by atoms with Crippen molar-refractivity contribution in [3.63, 3.8) is 0 Å². The fraction of sp³-hybridized carbons (Fsp3) is 0.333. The minimum absolute atomic E-state index is 0.0162. The second kappa shape index (κ2) is 11.4. The number of fused-ring (bicyclic) bond motifs is 3. The monoisotopic (exact) mass is 488 g/mol. The summed E-state index contributed by atoms with van der Waals surface area (Å²) in [7, 11) is -2.47. The van der Waals surface area contributed by atoms with Crippen molar-refractivity contribution in [3.8, 4) is 0 Å². The highest BCUT2D eigenvalue weighted by Crippen LogP contribution is 2.18. The molecule has 0 spiro atoms. The Kier molecular flexibility index (Phi) is 8.54. The molecule has 2 aromatic rings. The Morgan fingerprint density at radius 3 is 2.59 bits per heavy atom. The van der Waals surface area contributed by atoms with Crippen molar-refractivity contribution in [1.29, 1.82) is 0 Å². The second-order valence-electron chi connectivity index (χ2n) is 8.15. The van der Waals surface area contributed by atoms with E-state index in [-0.39, 0.29) is 24.6 Å². The maximum atomic E-state index is 14.3. The zero-order chi connectivity index (χ0) is 24.7. The molecule has 10 heteroatoms. The van der Waals surface area contributed by atoms with Crippen molar-refractivity contribution in [2.24, 2.45) is 5.73 Å². The molecule has 1 aliphatic rings. The number of nitrogens with one attached hydrogen (secondary N) is 2. The molecule has 0 radical (unpaired) electrons. The molecule has 2 aromatic carbocycles. The van der Waals surface area contributed by atoms with Crippen LogP contribution >= 0.6 is 0 Å². The van der Waals surface area contributed by atoms with Crippen molar-refractivity contribution in [2.45, 2.75) is 43.3 Å². The number of carbonyl (C=O) groups is 2. The first-order chi connectivity index (χ1) is 16.2. The maximum absolute atomic E-state index is 14.3. The van der Waals surface area contributed by atoms with Gasteiger partial charge in [-0.05, 0) is 48.6 Å². The molecule has 0 aromatic heterocycles. The van der Waals surface area contributed by atoms with E-state index >= 15 is 0 Å². The lowest BCUT2D eigenvalue weighted by Gasteiger charge is -2.23. The van der Waals surface area contributed by atoms with Gasteiger partial charge in [0.25, 0.3) is 5.91 Å². The molecule has 0 fully saturated rings. The molecule has 1 unspecified atom stereocenters. The van der Waals surface area contributed by atoms with Crippen molar-refractivity contribution in [3.05, 3.63) is 77.1 Å². The van der Waals surface area contributed by atoms with E-state index in [1.807, 2.05) is 24.3 Å². The lowest BCUT2D eigenvalue weighted by molar-refractivity contribution is -0.132. The highest BCUT2D eigenvalue weighted by molar-refractivity contribution is 7.89. The highest BCUT2D eigenvalue weighted by atomic mass is 32.2. The smallest absolute Gasteiger partial charge is 0.251 e. The van der Waals surface area contributed by atoms with Gasteiger partial charge in [0.2, 0.25) is 15.9 Å². The Bertz CT molecular complexity index is 1180. The summed E-state index contributed by atoms with van der Waals surface area (Å²) in [6.45, 7) is 0.428. The molecular weight excluding hydrogens is 459 g/mol. The average Bonchev–Trinajstić information content (AvgIpc) is 2.81. The predicted molar refractivity (Wildman–Crippen MR) is 127 cm³/mol. The minimum atomic E-state index is -4.16. The van der Waals surface area contributed by atoms with Crippen LogP contribution in [0.3, 0.4) is 0 Å². The molecule has 2 bridgehead atoms. The van der Waals surface area contributed by atoms with Gasteiger partial charge in [-0.15, -0.1) is 0 Å².